The zero-order chi connectivity index (χ0) is 28.0. The highest BCUT2D eigenvalue weighted by molar-refractivity contribution is 6.33. The van der Waals surface area contributed by atoms with Gasteiger partial charge in [0.2, 0.25) is 5.88 Å². The highest BCUT2D eigenvalue weighted by atomic mass is 35.5. The lowest BCUT2D eigenvalue weighted by Gasteiger charge is -2.26. The average molecular weight is 572 g/mol. The Bertz CT molecular complexity index is 1730. The van der Waals surface area contributed by atoms with Crippen molar-refractivity contribution >= 4 is 22.8 Å². The predicted octanol–water partition coefficient (Wildman–Crippen LogP) is 4.32. The number of hydrogen-bond donors (Lipinski definition) is 0. The molecule has 0 radical (unpaired) electrons. The molecule has 1 saturated carbocycles. The molecule has 0 bridgehead atoms. The lowest BCUT2D eigenvalue weighted by Crippen LogP contribution is -2.36. The van der Waals surface area contributed by atoms with Gasteiger partial charge in [-0.05, 0) is 62.6 Å². The first-order valence-corrected chi connectivity index (χ1v) is 14.2. The number of fused-ring (bicyclic) bond motifs is 2. The fourth-order valence-corrected chi connectivity index (χ4v) is 5.33. The van der Waals surface area contributed by atoms with Gasteiger partial charge in [0.15, 0.2) is 11.2 Å². The molecule has 1 aromatic carbocycles. The monoisotopic (exact) mass is 571 g/mol. The molecular formula is C29H30ClN9O2. The average Bonchev–Trinajstić information content (AvgIpc) is 3.34. The van der Waals surface area contributed by atoms with E-state index in [2.05, 4.69) is 54.5 Å². The minimum atomic E-state index is -0.203. The van der Waals surface area contributed by atoms with E-state index in [1.165, 1.54) is 6.33 Å². The fraction of sp³-hybridized carbons (Fsp3) is 0.379. The molecule has 1 aliphatic heterocycles. The minimum Gasteiger partial charge on any atom is -0.492 e. The number of halogens is 1. The molecule has 41 heavy (non-hydrogen) atoms. The van der Waals surface area contributed by atoms with Crippen LogP contribution in [0.2, 0.25) is 5.02 Å². The Morgan fingerprint density at radius 2 is 1.98 bits per heavy atom. The van der Waals surface area contributed by atoms with Gasteiger partial charge in [-0.25, -0.2) is 9.97 Å². The van der Waals surface area contributed by atoms with Crippen molar-refractivity contribution in [3.63, 3.8) is 0 Å². The van der Waals surface area contributed by atoms with Crippen molar-refractivity contribution in [2.75, 3.05) is 19.7 Å². The van der Waals surface area contributed by atoms with Gasteiger partial charge in [0.25, 0.3) is 0 Å². The third kappa shape index (κ3) is 5.34. The second-order valence-corrected chi connectivity index (χ2v) is 11.4. The van der Waals surface area contributed by atoms with Crippen molar-refractivity contribution in [2.24, 2.45) is 0 Å². The van der Waals surface area contributed by atoms with Crippen LogP contribution in [-0.4, -0.2) is 69.5 Å². The number of benzene rings is 1. The third-order valence-corrected chi connectivity index (χ3v) is 7.98. The summed E-state index contributed by atoms with van der Waals surface area (Å²) >= 11 is 6.87. The second kappa shape index (κ2) is 10.4. The van der Waals surface area contributed by atoms with Crippen LogP contribution in [0.5, 0.6) is 11.6 Å². The van der Waals surface area contributed by atoms with E-state index >= 15 is 0 Å². The van der Waals surface area contributed by atoms with E-state index in [9.17, 15) is 0 Å². The molecular weight excluding hydrogens is 542 g/mol. The molecule has 2 aliphatic rings. The standard InChI is InChI=1S/C29H30ClN9O2/c1-19-5-8-31-20(13-19)15-39-26(35-25-27(39)32-17-33-28(25)41-29(2)6-7-29)22-4-3-21(14-23(22)30)40-12-11-37-9-10-38-18-34-36-24(38)16-37/h3-5,8,13-14,17-18H,6-7,9-12,15-16H2,1-2H3. The number of nitrogens with zero attached hydrogens (tertiary/aromatic N) is 9. The molecule has 0 N–H and O–H groups in total. The maximum Gasteiger partial charge on any atom is 0.245 e. The topological polar surface area (TPSA) is 109 Å². The number of ether oxygens (including phenoxy) is 2. The van der Waals surface area contributed by atoms with Gasteiger partial charge in [-0.2, -0.15) is 4.98 Å². The van der Waals surface area contributed by atoms with Gasteiger partial charge in [0.05, 0.1) is 23.8 Å². The Hall–Kier alpha value is -4.09. The van der Waals surface area contributed by atoms with Crippen molar-refractivity contribution in [1.29, 1.82) is 0 Å². The number of rotatable bonds is 9. The summed E-state index contributed by atoms with van der Waals surface area (Å²) in [6.07, 6.45) is 7.11. The molecule has 5 heterocycles. The van der Waals surface area contributed by atoms with E-state index in [0.717, 1.165) is 61.7 Å². The van der Waals surface area contributed by atoms with Gasteiger partial charge in [0, 0.05) is 31.4 Å². The van der Waals surface area contributed by atoms with Crippen molar-refractivity contribution in [2.45, 2.75) is 51.9 Å². The second-order valence-electron chi connectivity index (χ2n) is 11.0. The molecule has 0 amide bonds. The summed E-state index contributed by atoms with van der Waals surface area (Å²) in [6.45, 7) is 8.52. The third-order valence-electron chi connectivity index (χ3n) is 7.66. The highest BCUT2D eigenvalue weighted by Crippen LogP contribution is 2.41. The van der Waals surface area contributed by atoms with Gasteiger partial charge < -0.3 is 18.6 Å². The molecule has 7 rings (SSSR count). The Kier molecular flexibility index (Phi) is 6.55. The predicted molar refractivity (Wildman–Crippen MR) is 153 cm³/mol. The summed E-state index contributed by atoms with van der Waals surface area (Å²) in [4.78, 5) is 20.9. The SMILES string of the molecule is Cc1ccnc(Cn2c(-c3ccc(OCCN4CCn5cnnc5C4)cc3Cl)nc3c(OC4(C)CC4)ncnc32)c1. The number of aromatic nitrogens is 8. The summed E-state index contributed by atoms with van der Waals surface area (Å²) in [5, 5.41) is 8.72. The van der Waals surface area contributed by atoms with Crippen LogP contribution in [0.25, 0.3) is 22.6 Å². The molecule has 4 aromatic heterocycles. The smallest absolute Gasteiger partial charge is 0.245 e. The zero-order valence-electron chi connectivity index (χ0n) is 23.0. The number of imidazole rings is 1. The van der Waals surface area contributed by atoms with Crippen LogP contribution in [0.3, 0.4) is 0 Å². The summed E-state index contributed by atoms with van der Waals surface area (Å²) in [5.74, 6) is 2.84. The van der Waals surface area contributed by atoms with Crippen molar-refractivity contribution < 1.29 is 9.47 Å². The van der Waals surface area contributed by atoms with E-state index in [0.29, 0.717) is 46.8 Å². The Morgan fingerprint density at radius 1 is 1.07 bits per heavy atom. The van der Waals surface area contributed by atoms with Crippen LogP contribution in [0.1, 0.15) is 36.8 Å². The Morgan fingerprint density at radius 3 is 2.80 bits per heavy atom. The summed E-state index contributed by atoms with van der Waals surface area (Å²) in [5.41, 5.74) is 3.87. The summed E-state index contributed by atoms with van der Waals surface area (Å²) in [6, 6.07) is 9.75. The van der Waals surface area contributed by atoms with Gasteiger partial charge in [-0.3, -0.25) is 9.88 Å². The molecule has 0 atom stereocenters. The van der Waals surface area contributed by atoms with Gasteiger partial charge in [-0.15, -0.1) is 10.2 Å². The summed E-state index contributed by atoms with van der Waals surface area (Å²) in [7, 11) is 0. The Labute approximate surface area is 242 Å². The molecule has 0 unspecified atom stereocenters. The Balaban J connectivity index is 1.16. The highest BCUT2D eigenvalue weighted by Gasteiger charge is 2.41. The number of pyridine rings is 1. The van der Waals surface area contributed by atoms with Crippen molar-refractivity contribution in [3.05, 3.63) is 71.3 Å². The van der Waals surface area contributed by atoms with Crippen LogP contribution >= 0.6 is 11.6 Å². The summed E-state index contributed by atoms with van der Waals surface area (Å²) < 4.78 is 16.4. The quantitative estimate of drug-likeness (QED) is 0.255. The first-order chi connectivity index (χ1) is 19.9. The van der Waals surface area contributed by atoms with Crippen molar-refractivity contribution in [3.8, 4) is 23.0 Å². The molecule has 11 nitrogen and oxygen atoms in total. The normalized spacial score (nSPS) is 16.1. The molecule has 0 spiro atoms. The minimum absolute atomic E-state index is 0.203. The van der Waals surface area contributed by atoms with E-state index in [-0.39, 0.29) is 5.60 Å². The number of aryl methyl sites for hydroxylation is 1. The van der Waals surface area contributed by atoms with Crippen LogP contribution in [-0.2, 0) is 19.6 Å². The lowest BCUT2D eigenvalue weighted by atomic mass is 10.2. The zero-order valence-corrected chi connectivity index (χ0v) is 23.8. The molecule has 210 valence electrons. The van der Waals surface area contributed by atoms with Crippen LogP contribution in [0.15, 0.2) is 49.2 Å². The maximum absolute atomic E-state index is 6.87. The first kappa shape index (κ1) is 25.8. The van der Waals surface area contributed by atoms with Crippen molar-refractivity contribution in [1.82, 2.24) is 44.2 Å². The fourth-order valence-electron chi connectivity index (χ4n) is 5.07. The molecule has 1 fully saturated rings. The molecule has 12 heteroatoms. The largest absolute Gasteiger partial charge is 0.492 e. The lowest BCUT2D eigenvalue weighted by molar-refractivity contribution is 0.174. The van der Waals surface area contributed by atoms with Gasteiger partial charge in [-0.1, -0.05) is 11.6 Å². The molecule has 0 saturated heterocycles. The van der Waals surface area contributed by atoms with Crippen LogP contribution in [0.4, 0.5) is 0 Å². The van der Waals surface area contributed by atoms with Gasteiger partial charge in [0.1, 0.15) is 42.3 Å². The number of hydrogen-bond acceptors (Lipinski definition) is 9. The van der Waals surface area contributed by atoms with E-state index in [1.54, 1.807) is 6.33 Å². The maximum atomic E-state index is 6.87. The first-order valence-electron chi connectivity index (χ1n) is 13.8. The van der Waals surface area contributed by atoms with E-state index in [4.69, 9.17) is 26.1 Å². The van der Waals surface area contributed by atoms with Gasteiger partial charge >= 0.3 is 0 Å². The van der Waals surface area contributed by atoms with E-state index < -0.39 is 0 Å². The molecule has 5 aromatic rings. The molecule has 1 aliphatic carbocycles. The van der Waals surface area contributed by atoms with Crippen LogP contribution < -0.4 is 9.47 Å². The van der Waals surface area contributed by atoms with Crippen LogP contribution in [0, 0.1) is 6.92 Å². The van der Waals surface area contributed by atoms with E-state index in [1.807, 2.05) is 35.0 Å².